The van der Waals surface area contributed by atoms with Crippen molar-refractivity contribution in [3.8, 4) is 0 Å². The van der Waals surface area contributed by atoms with Gasteiger partial charge in [0.15, 0.2) is 0 Å². The molecule has 1 aromatic carbocycles. The second kappa shape index (κ2) is 6.04. The molecule has 0 aromatic heterocycles. The Morgan fingerprint density at radius 1 is 1.32 bits per heavy atom. The highest BCUT2D eigenvalue weighted by Crippen LogP contribution is 2.43. The number of rotatable bonds is 6. The van der Waals surface area contributed by atoms with Gasteiger partial charge in [-0.25, -0.2) is 4.39 Å². The number of hydrogen-bond acceptors (Lipinski definition) is 1. The molecular formula is C17H26FN. The fourth-order valence-electron chi connectivity index (χ4n) is 3.07. The molecule has 0 amide bonds. The Kier molecular flexibility index (Phi) is 4.62. The Balaban J connectivity index is 2.31. The highest BCUT2D eigenvalue weighted by molar-refractivity contribution is 5.35. The Morgan fingerprint density at radius 3 is 2.53 bits per heavy atom. The molecule has 2 rings (SSSR count). The minimum absolute atomic E-state index is 0.0430. The molecule has 1 aromatic rings. The SMILES string of the molecule is CCCNC(c1c(C)cc(C)cc1F)C(C)C1CC1. The van der Waals surface area contributed by atoms with Gasteiger partial charge in [0.25, 0.3) is 0 Å². The minimum Gasteiger partial charge on any atom is -0.310 e. The Hall–Kier alpha value is -0.890. The molecule has 2 unspecified atom stereocenters. The molecule has 2 atom stereocenters. The summed E-state index contributed by atoms with van der Waals surface area (Å²) in [7, 11) is 0. The van der Waals surface area contributed by atoms with Crippen LogP contribution in [0.4, 0.5) is 4.39 Å². The van der Waals surface area contributed by atoms with Crippen molar-refractivity contribution in [1.82, 2.24) is 5.32 Å². The second-order valence-electron chi connectivity index (χ2n) is 6.11. The van der Waals surface area contributed by atoms with E-state index < -0.39 is 0 Å². The molecule has 1 aliphatic carbocycles. The van der Waals surface area contributed by atoms with Crippen LogP contribution in [0.5, 0.6) is 0 Å². The molecule has 1 fully saturated rings. The van der Waals surface area contributed by atoms with Crippen LogP contribution in [-0.4, -0.2) is 6.54 Å². The van der Waals surface area contributed by atoms with E-state index in [1.165, 1.54) is 12.8 Å². The van der Waals surface area contributed by atoms with Crippen molar-refractivity contribution in [3.05, 3.63) is 34.6 Å². The summed E-state index contributed by atoms with van der Waals surface area (Å²) in [6.45, 7) is 9.37. The lowest BCUT2D eigenvalue weighted by molar-refractivity contribution is 0.339. The van der Waals surface area contributed by atoms with Crippen molar-refractivity contribution in [1.29, 1.82) is 0 Å². The van der Waals surface area contributed by atoms with Crippen LogP contribution < -0.4 is 5.32 Å². The number of hydrogen-bond donors (Lipinski definition) is 1. The molecule has 0 radical (unpaired) electrons. The van der Waals surface area contributed by atoms with E-state index in [0.29, 0.717) is 5.92 Å². The first-order valence-corrected chi connectivity index (χ1v) is 7.54. The van der Waals surface area contributed by atoms with Crippen molar-refractivity contribution in [2.24, 2.45) is 11.8 Å². The van der Waals surface area contributed by atoms with Gasteiger partial charge in [0.05, 0.1) is 0 Å². The van der Waals surface area contributed by atoms with Crippen LogP contribution in [0.1, 0.15) is 55.8 Å². The highest BCUT2D eigenvalue weighted by atomic mass is 19.1. The fourth-order valence-corrected chi connectivity index (χ4v) is 3.07. The molecule has 1 saturated carbocycles. The molecule has 0 spiro atoms. The Labute approximate surface area is 116 Å². The average molecular weight is 263 g/mol. The first-order chi connectivity index (χ1) is 9.04. The molecule has 0 bridgehead atoms. The normalized spacial score (nSPS) is 18.4. The zero-order valence-electron chi connectivity index (χ0n) is 12.6. The van der Waals surface area contributed by atoms with Crippen LogP contribution in [0.2, 0.25) is 0 Å². The topological polar surface area (TPSA) is 12.0 Å². The lowest BCUT2D eigenvalue weighted by Gasteiger charge is -2.28. The summed E-state index contributed by atoms with van der Waals surface area (Å²) in [5.74, 6) is 1.25. The maximum atomic E-state index is 14.4. The molecule has 19 heavy (non-hydrogen) atoms. The molecule has 1 aliphatic rings. The van der Waals surface area contributed by atoms with E-state index in [-0.39, 0.29) is 11.9 Å². The number of nitrogens with one attached hydrogen (secondary N) is 1. The summed E-state index contributed by atoms with van der Waals surface area (Å²) in [5.41, 5.74) is 2.98. The summed E-state index contributed by atoms with van der Waals surface area (Å²) < 4.78 is 14.4. The standard InChI is InChI=1S/C17H26FN/c1-5-8-19-17(13(4)14-6-7-14)16-12(3)9-11(2)10-15(16)18/h9-10,13-14,17,19H,5-8H2,1-4H3. The van der Waals surface area contributed by atoms with Crippen molar-refractivity contribution in [3.63, 3.8) is 0 Å². The van der Waals surface area contributed by atoms with E-state index >= 15 is 0 Å². The lowest BCUT2D eigenvalue weighted by Crippen LogP contribution is -2.30. The van der Waals surface area contributed by atoms with Gasteiger partial charge in [-0.05, 0) is 68.7 Å². The number of aryl methyl sites for hydroxylation is 2. The average Bonchev–Trinajstić information content (AvgIpc) is 3.15. The van der Waals surface area contributed by atoms with Crippen LogP contribution in [-0.2, 0) is 0 Å². The van der Waals surface area contributed by atoms with Crippen LogP contribution in [0.25, 0.3) is 0 Å². The van der Waals surface area contributed by atoms with Crippen molar-refractivity contribution >= 4 is 0 Å². The maximum Gasteiger partial charge on any atom is 0.128 e. The van der Waals surface area contributed by atoms with Crippen LogP contribution in [0.15, 0.2) is 12.1 Å². The van der Waals surface area contributed by atoms with Gasteiger partial charge in [-0.2, -0.15) is 0 Å². The van der Waals surface area contributed by atoms with Gasteiger partial charge in [-0.3, -0.25) is 0 Å². The Bertz CT molecular complexity index is 414. The molecule has 2 heteroatoms. The first kappa shape index (κ1) is 14.5. The zero-order valence-corrected chi connectivity index (χ0v) is 12.6. The Morgan fingerprint density at radius 2 is 2.00 bits per heavy atom. The van der Waals surface area contributed by atoms with Gasteiger partial charge >= 0.3 is 0 Å². The molecular weight excluding hydrogens is 237 g/mol. The predicted molar refractivity (Wildman–Crippen MR) is 78.8 cm³/mol. The molecule has 106 valence electrons. The van der Waals surface area contributed by atoms with Crippen LogP contribution in [0, 0.1) is 31.5 Å². The van der Waals surface area contributed by atoms with E-state index in [1.807, 2.05) is 13.8 Å². The summed E-state index contributed by atoms with van der Waals surface area (Å²) in [6.07, 6.45) is 3.69. The summed E-state index contributed by atoms with van der Waals surface area (Å²) in [4.78, 5) is 0. The first-order valence-electron chi connectivity index (χ1n) is 7.54. The molecule has 0 saturated heterocycles. The molecule has 0 aliphatic heterocycles. The minimum atomic E-state index is -0.0430. The van der Waals surface area contributed by atoms with Gasteiger partial charge < -0.3 is 5.32 Å². The van der Waals surface area contributed by atoms with Crippen molar-refractivity contribution in [2.75, 3.05) is 6.54 Å². The summed E-state index contributed by atoms with van der Waals surface area (Å²) in [5, 5.41) is 3.57. The van der Waals surface area contributed by atoms with Gasteiger partial charge in [-0.15, -0.1) is 0 Å². The fraction of sp³-hybridized carbons (Fsp3) is 0.647. The maximum absolute atomic E-state index is 14.4. The molecule has 1 N–H and O–H groups in total. The monoisotopic (exact) mass is 263 g/mol. The zero-order chi connectivity index (χ0) is 14.0. The third kappa shape index (κ3) is 3.36. The van der Waals surface area contributed by atoms with E-state index in [0.717, 1.165) is 35.6 Å². The lowest BCUT2D eigenvalue weighted by atomic mass is 9.87. The van der Waals surface area contributed by atoms with Crippen molar-refractivity contribution in [2.45, 2.75) is 53.0 Å². The summed E-state index contributed by atoms with van der Waals surface area (Å²) >= 11 is 0. The third-order valence-corrected chi connectivity index (χ3v) is 4.30. The number of halogens is 1. The van der Waals surface area contributed by atoms with Gasteiger partial charge in [-0.1, -0.05) is 19.9 Å². The van der Waals surface area contributed by atoms with E-state index in [2.05, 4.69) is 25.2 Å². The van der Waals surface area contributed by atoms with Gasteiger partial charge in [0, 0.05) is 11.6 Å². The quantitative estimate of drug-likeness (QED) is 0.795. The van der Waals surface area contributed by atoms with Crippen LogP contribution >= 0.6 is 0 Å². The van der Waals surface area contributed by atoms with Gasteiger partial charge in [0.1, 0.15) is 5.82 Å². The van der Waals surface area contributed by atoms with Gasteiger partial charge in [0.2, 0.25) is 0 Å². The number of benzene rings is 1. The predicted octanol–water partition coefficient (Wildman–Crippen LogP) is 4.53. The van der Waals surface area contributed by atoms with Crippen LogP contribution in [0.3, 0.4) is 0 Å². The summed E-state index contributed by atoms with van der Waals surface area (Å²) in [6, 6.07) is 3.93. The van der Waals surface area contributed by atoms with Crippen molar-refractivity contribution < 1.29 is 4.39 Å². The van der Waals surface area contributed by atoms with E-state index in [1.54, 1.807) is 6.07 Å². The molecule has 0 heterocycles. The third-order valence-electron chi connectivity index (χ3n) is 4.30. The highest BCUT2D eigenvalue weighted by Gasteiger charge is 2.35. The van der Waals surface area contributed by atoms with E-state index in [9.17, 15) is 4.39 Å². The van der Waals surface area contributed by atoms with E-state index in [4.69, 9.17) is 0 Å². The second-order valence-corrected chi connectivity index (χ2v) is 6.11. The molecule has 1 nitrogen and oxygen atoms in total. The largest absolute Gasteiger partial charge is 0.310 e. The smallest absolute Gasteiger partial charge is 0.128 e.